The fourth-order valence-corrected chi connectivity index (χ4v) is 2.65. The predicted octanol–water partition coefficient (Wildman–Crippen LogP) is 2.01. The minimum Gasteiger partial charge on any atom is -0.340 e. The highest BCUT2D eigenvalue weighted by atomic mass is 16.2. The number of benzene rings is 1. The Labute approximate surface area is 120 Å². The summed E-state index contributed by atoms with van der Waals surface area (Å²) in [7, 11) is 0. The normalized spacial score (nSPS) is 21.8. The van der Waals surface area contributed by atoms with Gasteiger partial charge < -0.3 is 10.2 Å². The van der Waals surface area contributed by atoms with E-state index in [0.29, 0.717) is 13.0 Å². The van der Waals surface area contributed by atoms with Crippen LogP contribution in [0.25, 0.3) is 0 Å². The number of carbonyl (C=O) groups excluding carboxylic acids is 2. The first-order chi connectivity index (χ1) is 9.36. The fraction of sp³-hybridized carbons (Fsp3) is 0.500. The molecule has 0 aromatic heterocycles. The average Bonchev–Trinajstić information content (AvgIpc) is 2.38. The van der Waals surface area contributed by atoms with Crippen molar-refractivity contribution in [2.75, 3.05) is 0 Å². The summed E-state index contributed by atoms with van der Waals surface area (Å²) >= 11 is 0. The molecule has 4 heteroatoms. The highest BCUT2D eigenvalue weighted by Gasteiger charge is 2.44. The van der Waals surface area contributed by atoms with Crippen molar-refractivity contribution in [3.8, 4) is 0 Å². The predicted molar refractivity (Wildman–Crippen MR) is 78.0 cm³/mol. The van der Waals surface area contributed by atoms with Crippen LogP contribution in [-0.2, 0) is 16.1 Å². The van der Waals surface area contributed by atoms with Crippen LogP contribution in [0.4, 0.5) is 0 Å². The number of carbonyl (C=O) groups is 2. The molecule has 0 radical (unpaired) electrons. The summed E-state index contributed by atoms with van der Waals surface area (Å²) in [5, 5.41) is 2.81. The van der Waals surface area contributed by atoms with Crippen LogP contribution in [0.3, 0.4) is 0 Å². The SMILES string of the molecule is CCC1C(=O)NC(C)(C)C(=O)N1Cc1ccccc1C. The molecule has 1 saturated heterocycles. The second-order valence-electron chi connectivity index (χ2n) is 5.90. The lowest BCUT2D eigenvalue weighted by Crippen LogP contribution is -2.67. The van der Waals surface area contributed by atoms with E-state index in [1.54, 1.807) is 18.7 Å². The Morgan fingerprint density at radius 2 is 1.90 bits per heavy atom. The van der Waals surface area contributed by atoms with Crippen LogP contribution < -0.4 is 5.32 Å². The molecule has 1 aromatic carbocycles. The third-order valence-corrected chi connectivity index (χ3v) is 3.90. The topological polar surface area (TPSA) is 49.4 Å². The maximum atomic E-state index is 12.6. The maximum absolute atomic E-state index is 12.6. The van der Waals surface area contributed by atoms with E-state index in [9.17, 15) is 9.59 Å². The largest absolute Gasteiger partial charge is 0.340 e. The van der Waals surface area contributed by atoms with E-state index in [4.69, 9.17) is 0 Å². The number of piperazine rings is 1. The van der Waals surface area contributed by atoms with Crippen LogP contribution >= 0.6 is 0 Å². The van der Waals surface area contributed by atoms with Crippen molar-refractivity contribution in [3.05, 3.63) is 35.4 Å². The summed E-state index contributed by atoms with van der Waals surface area (Å²) in [6.45, 7) is 7.95. The first-order valence-electron chi connectivity index (χ1n) is 7.04. The highest BCUT2D eigenvalue weighted by molar-refractivity contribution is 5.99. The lowest BCUT2D eigenvalue weighted by molar-refractivity contribution is -0.154. The molecule has 1 aliphatic heterocycles. The molecular formula is C16H22N2O2. The van der Waals surface area contributed by atoms with E-state index in [1.165, 1.54) is 0 Å². The van der Waals surface area contributed by atoms with E-state index < -0.39 is 5.54 Å². The second kappa shape index (κ2) is 5.27. The molecule has 20 heavy (non-hydrogen) atoms. The Morgan fingerprint density at radius 3 is 2.50 bits per heavy atom. The van der Waals surface area contributed by atoms with Crippen molar-refractivity contribution in [2.24, 2.45) is 0 Å². The van der Waals surface area contributed by atoms with E-state index in [0.717, 1.165) is 11.1 Å². The van der Waals surface area contributed by atoms with E-state index in [2.05, 4.69) is 5.32 Å². The summed E-state index contributed by atoms with van der Waals surface area (Å²) in [6, 6.07) is 7.59. The number of aryl methyl sites for hydroxylation is 1. The monoisotopic (exact) mass is 274 g/mol. The van der Waals surface area contributed by atoms with Gasteiger partial charge in [0.15, 0.2) is 0 Å². The summed E-state index contributed by atoms with van der Waals surface area (Å²) in [5.41, 5.74) is 1.40. The van der Waals surface area contributed by atoms with Crippen molar-refractivity contribution < 1.29 is 9.59 Å². The number of rotatable bonds is 3. The van der Waals surface area contributed by atoms with Crippen molar-refractivity contribution in [3.63, 3.8) is 0 Å². The second-order valence-corrected chi connectivity index (χ2v) is 5.90. The van der Waals surface area contributed by atoms with Gasteiger partial charge in [-0.25, -0.2) is 0 Å². The fourth-order valence-electron chi connectivity index (χ4n) is 2.65. The maximum Gasteiger partial charge on any atom is 0.248 e. The molecule has 0 bridgehead atoms. The number of nitrogens with zero attached hydrogens (tertiary/aromatic N) is 1. The first-order valence-corrected chi connectivity index (χ1v) is 7.04. The van der Waals surface area contributed by atoms with Crippen LogP contribution in [0, 0.1) is 6.92 Å². The molecule has 4 nitrogen and oxygen atoms in total. The Balaban J connectivity index is 2.33. The van der Waals surface area contributed by atoms with Gasteiger partial charge in [-0.3, -0.25) is 9.59 Å². The van der Waals surface area contributed by atoms with Gasteiger partial charge in [0.05, 0.1) is 0 Å². The first kappa shape index (κ1) is 14.6. The standard InChI is InChI=1S/C16H22N2O2/c1-5-13-14(19)17-16(3,4)15(20)18(13)10-12-9-7-6-8-11(12)2/h6-9,13H,5,10H2,1-4H3,(H,17,19). The minimum absolute atomic E-state index is 0.0211. The van der Waals surface area contributed by atoms with Gasteiger partial charge in [0.1, 0.15) is 11.6 Å². The van der Waals surface area contributed by atoms with Crippen molar-refractivity contribution in [1.82, 2.24) is 10.2 Å². The van der Waals surface area contributed by atoms with Gasteiger partial charge in [-0.05, 0) is 38.3 Å². The third kappa shape index (κ3) is 2.55. The molecule has 2 rings (SSSR count). The minimum atomic E-state index is -0.828. The van der Waals surface area contributed by atoms with Gasteiger partial charge in [0.2, 0.25) is 11.8 Å². The van der Waals surface area contributed by atoms with Crippen LogP contribution in [-0.4, -0.2) is 28.3 Å². The van der Waals surface area contributed by atoms with E-state index >= 15 is 0 Å². The number of hydrogen-bond acceptors (Lipinski definition) is 2. The molecule has 2 amide bonds. The van der Waals surface area contributed by atoms with Gasteiger partial charge in [0, 0.05) is 6.54 Å². The molecule has 1 heterocycles. The van der Waals surface area contributed by atoms with Crippen molar-refractivity contribution in [2.45, 2.75) is 52.2 Å². The molecule has 1 aliphatic rings. The zero-order valence-electron chi connectivity index (χ0n) is 12.6. The summed E-state index contributed by atoms with van der Waals surface area (Å²) < 4.78 is 0. The molecule has 1 atom stereocenters. The lowest BCUT2D eigenvalue weighted by Gasteiger charge is -2.42. The van der Waals surface area contributed by atoms with Crippen LogP contribution in [0.1, 0.15) is 38.3 Å². The lowest BCUT2D eigenvalue weighted by atomic mass is 9.94. The molecule has 0 aliphatic carbocycles. The van der Waals surface area contributed by atoms with Crippen molar-refractivity contribution >= 4 is 11.8 Å². The molecular weight excluding hydrogens is 252 g/mol. The zero-order valence-corrected chi connectivity index (χ0v) is 12.6. The molecule has 0 spiro atoms. The number of amides is 2. The quantitative estimate of drug-likeness (QED) is 0.916. The van der Waals surface area contributed by atoms with Gasteiger partial charge in [0.25, 0.3) is 0 Å². The Morgan fingerprint density at radius 1 is 1.25 bits per heavy atom. The van der Waals surface area contributed by atoms with E-state index in [-0.39, 0.29) is 17.9 Å². The third-order valence-electron chi connectivity index (χ3n) is 3.90. The van der Waals surface area contributed by atoms with Crippen LogP contribution in [0.15, 0.2) is 24.3 Å². The number of nitrogens with one attached hydrogen (secondary N) is 1. The van der Waals surface area contributed by atoms with Crippen molar-refractivity contribution in [1.29, 1.82) is 0 Å². The molecule has 1 aromatic rings. The van der Waals surface area contributed by atoms with Crippen LogP contribution in [0.5, 0.6) is 0 Å². The Hall–Kier alpha value is -1.84. The van der Waals surface area contributed by atoms with Gasteiger partial charge in [-0.1, -0.05) is 31.2 Å². The Kier molecular flexibility index (Phi) is 3.84. The van der Waals surface area contributed by atoms with Gasteiger partial charge in [-0.2, -0.15) is 0 Å². The summed E-state index contributed by atoms with van der Waals surface area (Å²) in [4.78, 5) is 26.5. The highest BCUT2D eigenvalue weighted by Crippen LogP contribution is 2.23. The average molecular weight is 274 g/mol. The molecule has 108 valence electrons. The van der Waals surface area contributed by atoms with Gasteiger partial charge in [-0.15, -0.1) is 0 Å². The molecule has 1 N–H and O–H groups in total. The summed E-state index contributed by atoms with van der Waals surface area (Å²) in [6.07, 6.45) is 0.625. The smallest absolute Gasteiger partial charge is 0.248 e. The number of hydrogen-bond donors (Lipinski definition) is 1. The molecule has 1 fully saturated rings. The Bertz CT molecular complexity index is 537. The zero-order chi connectivity index (χ0) is 14.9. The van der Waals surface area contributed by atoms with Crippen LogP contribution in [0.2, 0.25) is 0 Å². The van der Waals surface area contributed by atoms with E-state index in [1.807, 2.05) is 38.1 Å². The van der Waals surface area contributed by atoms with Gasteiger partial charge >= 0.3 is 0 Å². The molecule has 1 unspecified atom stereocenters. The molecule has 0 saturated carbocycles. The summed E-state index contributed by atoms with van der Waals surface area (Å²) in [5.74, 6) is -0.0853.